The number of carbonyl (C=O) groups excluding carboxylic acids is 2. The van der Waals surface area contributed by atoms with Gasteiger partial charge in [0.15, 0.2) is 17.3 Å². The first kappa shape index (κ1) is 22.6. The number of aliphatic hydroxyl groups is 1. The highest BCUT2D eigenvalue weighted by Crippen LogP contribution is 2.40. The third kappa shape index (κ3) is 4.36. The van der Waals surface area contributed by atoms with Crippen LogP contribution in [0.2, 0.25) is 0 Å². The molecule has 0 radical (unpaired) electrons. The molecule has 6 nitrogen and oxygen atoms in total. The molecule has 170 valence electrons. The van der Waals surface area contributed by atoms with Gasteiger partial charge in [0.2, 0.25) is 5.78 Å². The number of aryl methyl sites for hydroxylation is 1. The van der Waals surface area contributed by atoms with Crippen molar-refractivity contribution in [1.82, 2.24) is 4.90 Å². The molecule has 0 saturated heterocycles. The zero-order valence-corrected chi connectivity index (χ0v) is 19.5. The third-order valence-electron chi connectivity index (χ3n) is 5.74. The van der Waals surface area contributed by atoms with Crippen LogP contribution in [-0.4, -0.2) is 42.5 Å². The van der Waals surface area contributed by atoms with Crippen LogP contribution in [0.3, 0.4) is 0 Å². The Kier molecular flexibility index (Phi) is 6.51. The summed E-state index contributed by atoms with van der Waals surface area (Å²) in [7, 11) is 3.15. The number of Topliss-reactive ketones (excluding diaryl/α,β-unsaturated/α-hetero) is 1. The molecule has 0 spiro atoms. The Labute approximate surface area is 196 Å². The zero-order chi connectivity index (χ0) is 23.5. The largest absolute Gasteiger partial charge is 0.503 e. The molecule has 1 amide bonds. The maximum atomic E-state index is 13.3. The van der Waals surface area contributed by atoms with Gasteiger partial charge in [0.05, 0.1) is 30.7 Å². The second-order valence-corrected chi connectivity index (χ2v) is 8.77. The van der Waals surface area contributed by atoms with E-state index < -0.39 is 17.7 Å². The van der Waals surface area contributed by atoms with Gasteiger partial charge in [-0.15, -0.1) is 11.3 Å². The van der Waals surface area contributed by atoms with E-state index in [9.17, 15) is 14.7 Å². The number of rotatable bonds is 8. The molecule has 2 aromatic carbocycles. The second kappa shape index (κ2) is 9.50. The average molecular weight is 464 g/mol. The monoisotopic (exact) mass is 463 g/mol. The fraction of sp³-hybridized carbons (Fsp3) is 0.231. The molecule has 0 saturated carbocycles. The van der Waals surface area contributed by atoms with Crippen molar-refractivity contribution in [3.63, 3.8) is 0 Å². The Hall–Kier alpha value is -3.58. The lowest BCUT2D eigenvalue weighted by atomic mass is 9.94. The number of methoxy groups -OCH3 is 2. The number of carbonyl (C=O) groups is 2. The predicted molar refractivity (Wildman–Crippen MR) is 127 cm³/mol. The molecule has 1 unspecified atom stereocenters. The van der Waals surface area contributed by atoms with E-state index >= 15 is 0 Å². The minimum atomic E-state index is -0.660. The fourth-order valence-corrected chi connectivity index (χ4v) is 4.81. The molecule has 0 aliphatic carbocycles. The van der Waals surface area contributed by atoms with Crippen LogP contribution in [-0.2, 0) is 11.2 Å². The van der Waals surface area contributed by atoms with E-state index in [1.165, 1.54) is 11.3 Å². The summed E-state index contributed by atoms with van der Waals surface area (Å²) >= 11 is 1.29. The van der Waals surface area contributed by atoms with Gasteiger partial charge >= 0.3 is 0 Å². The lowest BCUT2D eigenvalue weighted by Crippen LogP contribution is -2.33. The molecule has 2 heterocycles. The lowest BCUT2D eigenvalue weighted by molar-refractivity contribution is -0.129. The first-order chi connectivity index (χ1) is 15.9. The fourth-order valence-electron chi connectivity index (χ4n) is 4.13. The molecule has 1 aliphatic rings. The molecule has 7 heteroatoms. The normalized spacial score (nSPS) is 15.8. The van der Waals surface area contributed by atoms with Gasteiger partial charge in [-0.25, -0.2) is 0 Å². The molecular formula is C26H25NO5S. The van der Waals surface area contributed by atoms with Crippen molar-refractivity contribution in [3.05, 3.63) is 92.9 Å². The van der Waals surface area contributed by atoms with Gasteiger partial charge in [-0.3, -0.25) is 9.59 Å². The van der Waals surface area contributed by atoms with Crippen LogP contribution >= 0.6 is 11.3 Å². The van der Waals surface area contributed by atoms with Crippen molar-refractivity contribution in [1.29, 1.82) is 0 Å². The number of hydrogen-bond donors (Lipinski definition) is 1. The minimum Gasteiger partial charge on any atom is -0.503 e. The molecule has 0 bridgehead atoms. The van der Waals surface area contributed by atoms with Crippen molar-refractivity contribution in [2.45, 2.75) is 19.4 Å². The van der Waals surface area contributed by atoms with Crippen molar-refractivity contribution in [3.8, 4) is 11.5 Å². The highest BCUT2D eigenvalue weighted by molar-refractivity contribution is 7.12. The van der Waals surface area contributed by atoms with Crippen LogP contribution in [0.5, 0.6) is 11.5 Å². The molecule has 1 aromatic heterocycles. The van der Waals surface area contributed by atoms with Gasteiger partial charge in [-0.1, -0.05) is 42.0 Å². The Morgan fingerprint density at radius 3 is 2.52 bits per heavy atom. The van der Waals surface area contributed by atoms with Gasteiger partial charge < -0.3 is 19.5 Å². The van der Waals surface area contributed by atoms with Gasteiger partial charge in [0.25, 0.3) is 5.91 Å². The van der Waals surface area contributed by atoms with Crippen molar-refractivity contribution in [2.75, 3.05) is 20.8 Å². The van der Waals surface area contributed by atoms with Gasteiger partial charge in [-0.2, -0.15) is 0 Å². The first-order valence-electron chi connectivity index (χ1n) is 10.5. The Balaban J connectivity index is 1.68. The van der Waals surface area contributed by atoms with Gasteiger partial charge in [0.1, 0.15) is 0 Å². The molecule has 33 heavy (non-hydrogen) atoms. The molecule has 1 atom stereocenters. The summed E-state index contributed by atoms with van der Waals surface area (Å²) in [4.78, 5) is 28.5. The van der Waals surface area contributed by atoms with Crippen molar-refractivity contribution in [2.24, 2.45) is 0 Å². The van der Waals surface area contributed by atoms with Gasteiger partial charge in [0, 0.05) is 6.54 Å². The van der Waals surface area contributed by atoms with Gasteiger partial charge in [-0.05, 0) is 48.1 Å². The number of ether oxygens (including phenoxy) is 2. The molecular weight excluding hydrogens is 438 g/mol. The van der Waals surface area contributed by atoms with E-state index in [-0.39, 0.29) is 11.4 Å². The van der Waals surface area contributed by atoms with E-state index in [0.29, 0.717) is 29.3 Å². The molecule has 1 N–H and O–H groups in total. The standard InChI is InChI=1S/C26H25NO5S/c1-16-6-4-7-18(14-16)23-22(24(28)21-8-5-13-33-21)25(29)26(30)27(23)12-11-17-9-10-19(31-2)20(15-17)32-3/h4-10,13-15,23,29H,11-12H2,1-3H3. The van der Waals surface area contributed by atoms with Crippen molar-refractivity contribution >= 4 is 23.0 Å². The van der Waals surface area contributed by atoms with Crippen LogP contribution in [0.25, 0.3) is 0 Å². The highest BCUT2D eigenvalue weighted by atomic mass is 32.1. The highest BCUT2D eigenvalue weighted by Gasteiger charge is 2.43. The first-order valence-corrected chi connectivity index (χ1v) is 11.4. The number of aliphatic hydroxyl groups excluding tert-OH is 1. The molecule has 3 aromatic rings. The lowest BCUT2D eigenvalue weighted by Gasteiger charge is -2.27. The summed E-state index contributed by atoms with van der Waals surface area (Å²) in [5, 5.41) is 12.6. The minimum absolute atomic E-state index is 0.125. The van der Waals surface area contributed by atoms with E-state index in [1.54, 1.807) is 36.6 Å². The molecule has 0 fully saturated rings. The van der Waals surface area contributed by atoms with Crippen LogP contribution in [0.15, 0.2) is 71.3 Å². The van der Waals surface area contributed by atoms with Crippen LogP contribution in [0, 0.1) is 6.92 Å². The Morgan fingerprint density at radius 2 is 1.85 bits per heavy atom. The van der Waals surface area contributed by atoms with E-state index in [1.807, 2.05) is 49.4 Å². The van der Waals surface area contributed by atoms with Crippen LogP contribution in [0.4, 0.5) is 0 Å². The van der Waals surface area contributed by atoms with Crippen molar-refractivity contribution < 1.29 is 24.2 Å². The average Bonchev–Trinajstić information content (AvgIpc) is 3.45. The number of ketones is 1. The Bertz CT molecular complexity index is 1220. The van der Waals surface area contributed by atoms with Crippen LogP contribution < -0.4 is 9.47 Å². The van der Waals surface area contributed by atoms with E-state index in [0.717, 1.165) is 16.7 Å². The summed E-state index contributed by atoms with van der Waals surface area (Å²) in [6.45, 7) is 2.27. The van der Waals surface area contributed by atoms with E-state index in [4.69, 9.17) is 9.47 Å². The zero-order valence-electron chi connectivity index (χ0n) is 18.7. The maximum Gasteiger partial charge on any atom is 0.290 e. The number of thiophene rings is 1. The van der Waals surface area contributed by atoms with E-state index in [2.05, 4.69) is 0 Å². The summed E-state index contributed by atoms with van der Waals surface area (Å²) in [6.07, 6.45) is 0.516. The SMILES string of the molecule is COc1ccc(CCN2C(=O)C(O)=C(C(=O)c3cccs3)C2c2cccc(C)c2)cc1OC. The summed E-state index contributed by atoms with van der Waals surface area (Å²) in [5.74, 6) is -0.114. The molecule has 4 rings (SSSR count). The summed E-state index contributed by atoms with van der Waals surface area (Å²) < 4.78 is 10.7. The summed E-state index contributed by atoms with van der Waals surface area (Å²) in [6, 6.07) is 16.1. The quantitative estimate of drug-likeness (QED) is 0.481. The predicted octanol–water partition coefficient (Wildman–Crippen LogP) is 4.89. The smallest absolute Gasteiger partial charge is 0.290 e. The molecule has 1 aliphatic heterocycles. The Morgan fingerprint density at radius 1 is 1.06 bits per heavy atom. The number of amides is 1. The number of nitrogens with zero attached hydrogens (tertiary/aromatic N) is 1. The third-order valence-corrected chi connectivity index (χ3v) is 6.61. The topological polar surface area (TPSA) is 76.1 Å². The maximum absolute atomic E-state index is 13.3. The van der Waals surface area contributed by atoms with Crippen LogP contribution in [0.1, 0.15) is 32.4 Å². The number of benzene rings is 2. The second-order valence-electron chi connectivity index (χ2n) is 7.82. The number of hydrogen-bond acceptors (Lipinski definition) is 6. The summed E-state index contributed by atoms with van der Waals surface area (Å²) in [5.41, 5.74) is 2.87.